The highest BCUT2D eigenvalue weighted by Gasteiger charge is 2.24. The first-order valence-corrected chi connectivity index (χ1v) is 8.22. The van der Waals surface area contributed by atoms with Crippen molar-refractivity contribution in [3.8, 4) is 10.7 Å². The van der Waals surface area contributed by atoms with Crippen molar-refractivity contribution < 1.29 is 0 Å². The van der Waals surface area contributed by atoms with Crippen LogP contribution in [0.25, 0.3) is 10.7 Å². The number of aromatic nitrogens is 5. The molecule has 0 aliphatic carbocycles. The van der Waals surface area contributed by atoms with E-state index in [4.69, 9.17) is 0 Å². The zero-order valence-corrected chi connectivity index (χ0v) is 13.7. The van der Waals surface area contributed by atoms with Gasteiger partial charge in [-0.3, -0.25) is 14.4 Å². The quantitative estimate of drug-likeness (QED) is 0.787. The second kappa shape index (κ2) is 5.39. The number of nitrogens with one attached hydrogen (secondary N) is 1. The molecule has 4 heterocycles. The third kappa shape index (κ3) is 2.71. The minimum absolute atomic E-state index is 0.0255. The van der Waals surface area contributed by atoms with E-state index in [9.17, 15) is 4.79 Å². The van der Waals surface area contributed by atoms with Gasteiger partial charge in [0.05, 0.1) is 17.0 Å². The van der Waals surface area contributed by atoms with E-state index < -0.39 is 0 Å². The van der Waals surface area contributed by atoms with Gasteiger partial charge in [-0.05, 0) is 13.0 Å². The van der Waals surface area contributed by atoms with Crippen molar-refractivity contribution in [3.63, 3.8) is 0 Å². The number of H-pyrrole nitrogens is 1. The fraction of sp³-hybridized carbons (Fsp3) is 0.333. The highest BCUT2D eigenvalue weighted by atomic mass is 32.1. The molecule has 0 amide bonds. The Morgan fingerprint density at radius 1 is 1.35 bits per heavy atom. The van der Waals surface area contributed by atoms with Crippen LogP contribution >= 0.6 is 11.3 Å². The molecule has 3 aromatic heterocycles. The monoisotopic (exact) mass is 328 g/mol. The first-order chi connectivity index (χ1) is 11.1. The van der Waals surface area contributed by atoms with Crippen LogP contribution in [0.15, 0.2) is 22.4 Å². The largest absolute Gasteiger partial charge is 0.310 e. The maximum absolute atomic E-state index is 12.0. The lowest BCUT2D eigenvalue weighted by molar-refractivity contribution is 0.271. The summed E-state index contributed by atoms with van der Waals surface area (Å²) in [5.74, 6) is 0.668. The number of rotatable bonds is 3. The predicted octanol–water partition coefficient (Wildman–Crippen LogP) is 1.45. The van der Waals surface area contributed by atoms with Crippen LogP contribution in [-0.4, -0.2) is 29.6 Å². The number of aryl methyl sites for hydroxylation is 2. The Morgan fingerprint density at radius 2 is 2.22 bits per heavy atom. The molecule has 23 heavy (non-hydrogen) atoms. The first kappa shape index (κ1) is 14.3. The number of hydrogen-bond donors (Lipinski definition) is 1. The summed E-state index contributed by atoms with van der Waals surface area (Å²) in [4.78, 5) is 26.0. The van der Waals surface area contributed by atoms with Gasteiger partial charge < -0.3 is 4.98 Å². The van der Waals surface area contributed by atoms with Gasteiger partial charge >= 0.3 is 0 Å². The van der Waals surface area contributed by atoms with Crippen LogP contribution in [0.4, 0.5) is 0 Å². The van der Waals surface area contributed by atoms with Gasteiger partial charge in [-0.25, -0.2) is 9.97 Å². The number of thiazole rings is 1. The van der Waals surface area contributed by atoms with Gasteiger partial charge in [0.15, 0.2) is 0 Å². The number of nitrogens with zero attached hydrogens (tertiary/aromatic N) is 5. The molecular formula is C15H16N6OS. The Balaban J connectivity index is 1.51. The van der Waals surface area contributed by atoms with Crippen molar-refractivity contribution in [2.24, 2.45) is 7.05 Å². The molecule has 8 heteroatoms. The van der Waals surface area contributed by atoms with Gasteiger partial charge in [-0.1, -0.05) is 0 Å². The molecule has 0 fully saturated rings. The maximum atomic E-state index is 12.0. The van der Waals surface area contributed by atoms with Crippen molar-refractivity contribution in [1.29, 1.82) is 0 Å². The molecule has 3 aromatic rings. The summed E-state index contributed by atoms with van der Waals surface area (Å²) in [6.07, 6.45) is 1.91. The van der Waals surface area contributed by atoms with Crippen LogP contribution < -0.4 is 5.56 Å². The maximum Gasteiger partial charge on any atom is 0.255 e. The normalized spacial score (nSPS) is 14.3. The summed E-state index contributed by atoms with van der Waals surface area (Å²) >= 11 is 1.59. The summed E-state index contributed by atoms with van der Waals surface area (Å²) in [6, 6.07) is 1.96. The Morgan fingerprint density at radius 3 is 3.00 bits per heavy atom. The standard InChI is InChI=1S/C15H16N6OS/c1-9-16-13-7-21(6-11(13)14(22)17-9)5-10-8-23-15(18-10)12-3-4-20(2)19-12/h3-4,8H,5-7H2,1-2H3,(H,16,17,22). The smallest absolute Gasteiger partial charge is 0.255 e. The summed E-state index contributed by atoms with van der Waals surface area (Å²) < 4.78 is 1.77. The van der Waals surface area contributed by atoms with Crippen LogP contribution in [-0.2, 0) is 26.7 Å². The third-order valence-electron chi connectivity index (χ3n) is 3.84. The molecule has 7 nitrogen and oxygen atoms in total. The van der Waals surface area contributed by atoms with Gasteiger partial charge in [0, 0.05) is 38.3 Å². The van der Waals surface area contributed by atoms with Crippen LogP contribution in [0, 0.1) is 6.92 Å². The number of hydrogen-bond acceptors (Lipinski definition) is 6. The lowest BCUT2D eigenvalue weighted by Gasteiger charge is -2.11. The zero-order valence-electron chi connectivity index (χ0n) is 12.9. The molecule has 1 N–H and O–H groups in total. The van der Waals surface area contributed by atoms with E-state index in [0.29, 0.717) is 25.5 Å². The van der Waals surface area contributed by atoms with Crippen molar-refractivity contribution in [2.75, 3.05) is 0 Å². The Hall–Kier alpha value is -2.32. The molecule has 118 valence electrons. The molecule has 0 saturated carbocycles. The van der Waals surface area contributed by atoms with Gasteiger partial charge in [0.1, 0.15) is 16.5 Å². The Bertz CT molecular complexity index is 924. The topological polar surface area (TPSA) is 79.7 Å². The van der Waals surface area contributed by atoms with Gasteiger partial charge in [-0.15, -0.1) is 11.3 Å². The van der Waals surface area contributed by atoms with E-state index in [-0.39, 0.29) is 5.56 Å². The fourth-order valence-corrected chi connectivity index (χ4v) is 3.60. The molecule has 0 saturated heterocycles. The summed E-state index contributed by atoms with van der Waals surface area (Å²) in [5, 5.41) is 7.35. The van der Waals surface area contributed by atoms with E-state index in [2.05, 4.69) is 30.3 Å². The highest BCUT2D eigenvalue weighted by Crippen LogP contribution is 2.25. The Labute approximate surface area is 136 Å². The average molecular weight is 328 g/mol. The predicted molar refractivity (Wildman–Crippen MR) is 86.9 cm³/mol. The van der Waals surface area contributed by atoms with E-state index in [1.165, 1.54) is 0 Å². The average Bonchev–Trinajstić information content (AvgIpc) is 3.18. The summed E-state index contributed by atoms with van der Waals surface area (Å²) in [7, 11) is 1.89. The van der Waals surface area contributed by atoms with E-state index in [0.717, 1.165) is 27.7 Å². The Kier molecular flexibility index (Phi) is 3.35. The van der Waals surface area contributed by atoms with Crippen molar-refractivity contribution in [1.82, 2.24) is 29.6 Å². The molecule has 1 aliphatic rings. The molecular weight excluding hydrogens is 312 g/mol. The molecule has 4 rings (SSSR count). The molecule has 0 atom stereocenters. The molecule has 0 bridgehead atoms. The SMILES string of the molecule is Cc1nc2c(c(=O)[nH]1)CN(Cc1csc(-c3ccn(C)n3)n1)C2. The van der Waals surface area contributed by atoms with Crippen molar-refractivity contribution >= 4 is 11.3 Å². The van der Waals surface area contributed by atoms with Crippen molar-refractivity contribution in [3.05, 3.63) is 50.8 Å². The lowest BCUT2D eigenvalue weighted by Crippen LogP contribution is -2.18. The third-order valence-corrected chi connectivity index (χ3v) is 4.76. The first-order valence-electron chi connectivity index (χ1n) is 7.34. The molecule has 0 unspecified atom stereocenters. The number of aromatic amines is 1. The van der Waals surface area contributed by atoms with Gasteiger partial charge in [0.25, 0.3) is 5.56 Å². The minimum Gasteiger partial charge on any atom is -0.310 e. The minimum atomic E-state index is -0.0255. The zero-order chi connectivity index (χ0) is 16.0. The summed E-state index contributed by atoms with van der Waals surface area (Å²) in [5.41, 5.74) is 3.52. The van der Waals surface area contributed by atoms with Crippen LogP contribution in [0.1, 0.15) is 22.8 Å². The summed E-state index contributed by atoms with van der Waals surface area (Å²) in [6.45, 7) is 3.83. The van der Waals surface area contributed by atoms with E-state index in [1.54, 1.807) is 16.0 Å². The van der Waals surface area contributed by atoms with Crippen LogP contribution in [0.5, 0.6) is 0 Å². The lowest BCUT2D eigenvalue weighted by atomic mass is 10.3. The van der Waals surface area contributed by atoms with Gasteiger partial charge in [-0.2, -0.15) is 5.10 Å². The second-order valence-electron chi connectivity index (χ2n) is 5.74. The van der Waals surface area contributed by atoms with E-state index in [1.807, 2.05) is 26.2 Å². The van der Waals surface area contributed by atoms with Crippen LogP contribution in [0.3, 0.4) is 0 Å². The highest BCUT2D eigenvalue weighted by molar-refractivity contribution is 7.13. The molecule has 1 aliphatic heterocycles. The second-order valence-corrected chi connectivity index (χ2v) is 6.60. The fourth-order valence-electron chi connectivity index (χ4n) is 2.82. The molecule has 0 radical (unpaired) electrons. The molecule has 0 aromatic carbocycles. The van der Waals surface area contributed by atoms with E-state index >= 15 is 0 Å². The van der Waals surface area contributed by atoms with Gasteiger partial charge in [0.2, 0.25) is 0 Å². The van der Waals surface area contributed by atoms with Crippen LogP contribution in [0.2, 0.25) is 0 Å². The van der Waals surface area contributed by atoms with Crippen molar-refractivity contribution in [2.45, 2.75) is 26.6 Å². The number of fused-ring (bicyclic) bond motifs is 1. The molecule has 0 spiro atoms.